The van der Waals surface area contributed by atoms with Crippen LogP contribution in [0, 0.1) is 0 Å². The molecule has 2 aliphatic carbocycles. The normalized spacial score (nSPS) is 23.7. The highest BCUT2D eigenvalue weighted by atomic mass is 16.5. The molecule has 2 atom stereocenters. The average molecular weight is 443 g/mol. The number of aliphatic hydroxyl groups is 1. The highest BCUT2D eigenvalue weighted by Gasteiger charge is 2.39. The van der Waals surface area contributed by atoms with Gasteiger partial charge in [-0.15, -0.1) is 0 Å². The van der Waals surface area contributed by atoms with Crippen LogP contribution in [0.2, 0.25) is 0 Å². The smallest absolute Gasteiger partial charge is 0.326 e. The van der Waals surface area contributed by atoms with Gasteiger partial charge in [-0.3, -0.25) is 4.79 Å². The van der Waals surface area contributed by atoms with Gasteiger partial charge in [0.25, 0.3) is 0 Å². The van der Waals surface area contributed by atoms with Crippen molar-refractivity contribution in [1.29, 1.82) is 0 Å². The number of benzene rings is 2. The van der Waals surface area contributed by atoms with E-state index in [0.29, 0.717) is 19.3 Å². The summed E-state index contributed by atoms with van der Waals surface area (Å²) in [5.41, 5.74) is 15.5. The summed E-state index contributed by atoms with van der Waals surface area (Å²) in [6.45, 7) is 0.0322. The van der Waals surface area contributed by atoms with Crippen molar-refractivity contribution in [3.8, 4) is 11.5 Å². The third-order valence-corrected chi connectivity index (χ3v) is 6.56. The lowest BCUT2D eigenvalue weighted by atomic mass is 9.78. The van der Waals surface area contributed by atoms with Crippen LogP contribution >= 0.6 is 0 Å². The molecular formula is C25H34N2O5. The first-order chi connectivity index (χ1) is 15.3. The van der Waals surface area contributed by atoms with Crippen molar-refractivity contribution in [2.24, 2.45) is 11.5 Å². The molecule has 4 rings (SSSR count). The highest BCUT2D eigenvalue weighted by molar-refractivity contribution is 5.81. The number of hydrogen-bond acceptors (Lipinski definition) is 7. The number of aliphatic hydroxyl groups excluding tert-OH is 1. The predicted octanol–water partition coefficient (Wildman–Crippen LogP) is 1.93. The zero-order valence-electron chi connectivity index (χ0n) is 19.1. The number of ether oxygens (including phenoxy) is 3. The van der Waals surface area contributed by atoms with E-state index in [1.165, 1.54) is 18.2 Å². The maximum absolute atomic E-state index is 11.7. The standard InChI is InChI=1S/C13H17NO3.C12H17NO2/c1-16-11-5-3-4-9-6-7-13(14,8-10(9)11)12(15)17-2;1-15-11-4-2-3-9-5-6-12(13,8-14)7-10(9)11/h3-5H,6-8,14H2,1-2H3;2-4,14H,5-8,13H2,1H3. The van der Waals surface area contributed by atoms with Crippen LogP contribution in [0.25, 0.3) is 0 Å². The van der Waals surface area contributed by atoms with Crippen molar-refractivity contribution in [3.63, 3.8) is 0 Å². The monoisotopic (exact) mass is 442 g/mol. The van der Waals surface area contributed by atoms with Gasteiger partial charge in [-0.05, 0) is 66.5 Å². The van der Waals surface area contributed by atoms with Crippen LogP contribution in [0.1, 0.15) is 35.1 Å². The number of esters is 1. The van der Waals surface area contributed by atoms with Crippen LogP contribution in [0.5, 0.6) is 11.5 Å². The molecule has 2 aromatic rings. The van der Waals surface area contributed by atoms with Crippen molar-refractivity contribution in [2.75, 3.05) is 27.9 Å². The van der Waals surface area contributed by atoms with Gasteiger partial charge in [0, 0.05) is 12.0 Å². The number of carbonyl (C=O) groups is 1. The van der Waals surface area contributed by atoms with Crippen LogP contribution in [0.4, 0.5) is 0 Å². The summed E-state index contributed by atoms with van der Waals surface area (Å²) in [5.74, 6) is 1.32. The van der Waals surface area contributed by atoms with Crippen LogP contribution < -0.4 is 20.9 Å². The lowest BCUT2D eigenvalue weighted by Gasteiger charge is -2.33. The second kappa shape index (κ2) is 9.90. The third kappa shape index (κ3) is 4.90. The molecule has 0 radical (unpaired) electrons. The number of nitrogens with two attached hydrogens (primary N) is 2. The van der Waals surface area contributed by atoms with E-state index in [2.05, 4.69) is 12.1 Å². The Bertz CT molecular complexity index is 935. The summed E-state index contributed by atoms with van der Waals surface area (Å²) >= 11 is 0. The zero-order chi connectivity index (χ0) is 23.4. The molecule has 0 saturated heterocycles. The molecule has 0 bridgehead atoms. The molecule has 2 aliphatic rings. The second-order valence-electron chi connectivity index (χ2n) is 8.72. The Morgan fingerprint density at radius 2 is 1.44 bits per heavy atom. The molecule has 2 unspecified atom stereocenters. The molecule has 174 valence electrons. The van der Waals surface area contributed by atoms with Crippen molar-refractivity contribution < 1.29 is 24.1 Å². The molecule has 2 aromatic carbocycles. The fourth-order valence-corrected chi connectivity index (χ4v) is 4.57. The van der Waals surface area contributed by atoms with E-state index in [0.717, 1.165) is 41.9 Å². The SMILES string of the molecule is COC(=O)C1(N)CCc2cccc(OC)c2C1.COc1cccc2c1CC(N)(CO)CC2. The highest BCUT2D eigenvalue weighted by Crippen LogP contribution is 2.34. The molecule has 7 nitrogen and oxygen atoms in total. The van der Waals surface area contributed by atoms with E-state index in [9.17, 15) is 9.90 Å². The molecular weight excluding hydrogens is 408 g/mol. The molecule has 0 heterocycles. The number of carbonyl (C=O) groups excluding carboxylic acids is 1. The van der Waals surface area contributed by atoms with Gasteiger partial charge < -0.3 is 30.8 Å². The third-order valence-electron chi connectivity index (χ3n) is 6.56. The molecule has 0 aliphatic heterocycles. The Kier molecular flexibility index (Phi) is 7.44. The number of hydrogen-bond donors (Lipinski definition) is 3. The molecule has 0 fully saturated rings. The fraction of sp³-hybridized carbons (Fsp3) is 0.480. The van der Waals surface area contributed by atoms with E-state index in [1.807, 2.05) is 24.3 Å². The van der Waals surface area contributed by atoms with Crippen LogP contribution in [0.3, 0.4) is 0 Å². The van der Waals surface area contributed by atoms with Crippen LogP contribution in [-0.4, -0.2) is 50.1 Å². The Morgan fingerprint density at radius 3 is 1.94 bits per heavy atom. The second-order valence-corrected chi connectivity index (χ2v) is 8.72. The summed E-state index contributed by atoms with van der Waals surface area (Å²) in [6, 6.07) is 12.0. The Hall–Kier alpha value is -2.61. The zero-order valence-corrected chi connectivity index (χ0v) is 19.1. The van der Waals surface area contributed by atoms with Crippen molar-refractivity contribution in [2.45, 2.75) is 49.6 Å². The molecule has 0 aromatic heterocycles. The maximum Gasteiger partial charge on any atom is 0.326 e. The fourth-order valence-electron chi connectivity index (χ4n) is 4.57. The molecule has 7 heteroatoms. The average Bonchev–Trinajstić information content (AvgIpc) is 2.83. The van der Waals surface area contributed by atoms with E-state index in [1.54, 1.807) is 14.2 Å². The molecule has 0 amide bonds. The van der Waals surface area contributed by atoms with Gasteiger partial charge in [0.15, 0.2) is 0 Å². The molecule has 32 heavy (non-hydrogen) atoms. The largest absolute Gasteiger partial charge is 0.496 e. The quantitative estimate of drug-likeness (QED) is 0.620. The van der Waals surface area contributed by atoms with E-state index in [-0.39, 0.29) is 12.6 Å². The van der Waals surface area contributed by atoms with Crippen LogP contribution in [0.15, 0.2) is 36.4 Å². The summed E-state index contributed by atoms with van der Waals surface area (Å²) in [5, 5.41) is 9.27. The number of methoxy groups -OCH3 is 3. The van der Waals surface area contributed by atoms with E-state index < -0.39 is 11.1 Å². The van der Waals surface area contributed by atoms with Gasteiger partial charge in [0.05, 0.1) is 27.9 Å². The minimum atomic E-state index is -0.920. The van der Waals surface area contributed by atoms with E-state index in [4.69, 9.17) is 25.7 Å². The van der Waals surface area contributed by atoms with Gasteiger partial charge in [-0.2, -0.15) is 0 Å². The summed E-state index contributed by atoms with van der Waals surface area (Å²) in [4.78, 5) is 11.7. The van der Waals surface area contributed by atoms with Crippen LogP contribution in [-0.2, 0) is 35.2 Å². The van der Waals surface area contributed by atoms with Crippen molar-refractivity contribution in [1.82, 2.24) is 0 Å². The molecule has 0 spiro atoms. The molecule has 0 saturated carbocycles. The van der Waals surface area contributed by atoms with Gasteiger partial charge in [0.1, 0.15) is 17.0 Å². The van der Waals surface area contributed by atoms with Crippen molar-refractivity contribution in [3.05, 3.63) is 58.7 Å². The Morgan fingerprint density at radius 1 is 0.906 bits per heavy atom. The topological polar surface area (TPSA) is 117 Å². The Labute approximate surface area is 189 Å². The minimum Gasteiger partial charge on any atom is -0.496 e. The lowest BCUT2D eigenvalue weighted by Crippen LogP contribution is -2.52. The minimum absolute atomic E-state index is 0.0322. The number of rotatable bonds is 4. The lowest BCUT2D eigenvalue weighted by molar-refractivity contribution is -0.147. The van der Waals surface area contributed by atoms with Gasteiger partial charge in [0.2, 0.25) is 0 Å². The summed E-state index contributed by atoms with van der Waals surface area (Å²) in [7, 11) is 4.66. The first-order valence-corrected chi connectivity index (χ1v) is 10.9. The van der Waals surface area contributed by atoms with Gasteiger partial charge >= 0.3 is 5.97 Å². The van der Waals surface area contributed by atoms with Crippen molar-refractivity contribution >= 4 is 5.97 Å². The summed E-state index contributed by atoms with van der Waals surface area (Å²) in [6.07, 6.45) is 4.31. The first-order valence-electron chi connectivity index (χ1n) is 10.9. The number of aryl methyl sites for hydroxylation is 2. The summed E-state index contributed by atoms with van der Waals surface area (Å²) < 4.78 is 15.4. The Balaban J connectivity index is 0.000000182. The van der Waals surface area contributed by atoms with Gasteiger partial charge in [-0.25, -0.2) is 0 Å². The molecule has 5 N–H and O–H groups in total. The maximum atomic E-state index is 11.7. The first kappa shape index (κ1) is 24.0. The van der Waals surface area contributed by atoms with E-state index >= 15 is 0 Å². The number of fused-ring (bicyclic) bond motifs is 2. The van der Waals surface area contributed by atoms with Gasteiger partial charge in [-0.1, -0.05) is 24.3 Å². The predicted molar refractivity (Wildman–Crippen MR) is 123 cm³/mol.